The number of hydrogen-bond acceptors (Lipinski definition) is 7. The molecule has 0 spiro atoms. The van der Waals surface area contributed by atoms with Gasteiger partial charge in [0.2, 0.25) is 11.8 Å². The highest BCUT2D eigenvalue weighted by Crippen LogP contribution is 2.30. The lowest BCUT2D eigenvalue weighted by Gasteiger charge is -2.34. The number of benzene rings is 1. The van der Waals surface area contributed by atoms with Crippen LogP contribution in [0.1, 0.15) is 24.8 Å². The van der Waals surface area contributed by atoms with Crippen molar-refractivity contribution in [3.8, 4) is 11.5 Å². The van der Waals surface area contributed by atoms with E-state index in [4.69, 9.17) is 20.1 Å². The molecule has 2 aliphatic rings. The number of nitrogens with two attached hydrogens (primary N) is 1. The van der Waals surface area contributed by atoms with Crippen molar-refractivity contribution < 1.29 is 23.8 Å². The first-order valence-electron chi connectivity index (χ1n) is 9.53. The highest BCUT2D eigenvalue weighted by molar-refractivity contribution is 5.88. The Morgan fingerprint density at radius 3 is 3.00 bits per heavy atom. The monoisotopic (exact) mass is 392 g/mol. The van der Waals surface area contributed by atoms with Gasteiger partial charge in [-0.15, -0.1) is 0 Å². The van der Waals surface area contributed by atoms with E-state index >= 15 is 0 Å². The number of hydrazine groups is 1. The molecule has 0 aromatic heterocycles. The van der Waals surface area contributed by atoms with Gasteiger partial charge in [-0.3, -0.25) is 19.9 Å². The second-order valence-corrected chi connectivity index (χ2v) is 6.98. The highest BCUT2D eigenvalue weighted by atomic mass is 16.5. The van der Waals surface area contributed by atoms with Crippen LogP contribution in [0.2, 0.25) is 0 Å². The van der Waals surface area contributed by atoms with E-state index in [1.165, 1.54) is 0 Å². The third-order valence-electron chi connectivity index (χ3n) is 5.04. The minimum Gasteiger partial charge on any atom is -0.493 e. The summed E-state index contributed by atoms with van der Waals surface area (Å²) < 4.78 is 16.9. The van der Waals surface area contributed by atoms with Crippen LogP contribution in [-0.2, 0) is 20.9 Å². The molecule has 0 bridgehead atoms. The molecule has 2 amide bonds. The van der Waals surface area contributed by atoms with Crippen LogP contribution in [0.4, 0.5) is 0 Å². The van der Waals surface area contributed by atoms with E-state index in [9.17, 15) is 9.59 Å². The molecule has 2 fully saturated rings. The quantitative estimate of drug-likeness (QED) is 0.322. The van der Waals surface area contributed by atoms with Crippen LogP contribution >= 0.6 is 0 Å². The normalized spacial score (nSPS) is 22.6. The lowest BCUT2D eigenvalue weighted by Crippen LogP contribution is -2.56. The van der Waals surface area contributed by atoms with Gasteiger partial charge < -0.3 is 19.5 Å². The van der Waals surface area contributed by atoms with Crippen LogP contribution < -0.4 is 26.1 Å². The molecule has 0 saturated carbocycles. The van der Waals surface area contributed by atoms with Crippen LogP contribution in [0, 0.1) is 0 Å². The summed E-state index contributed by atoms with van der Waals surface area (Å²) in [6, 6.07) is 5.16. The molecule has 28 heavy (non-hydrogen) atoms. The lowest BCUT2D eigenvalue weighted by molar-refractivity contribution is -0.134. The molecular weight excluding hydrogens is 364 g/mol. The third kappa shape index (κ3) is 5.12. The van der Waals surface area contributed by atoms with E-state index in [0.717, 1.165) is 25.0 Å². The standard InChI is InChI=1S/C19H28N4O5/c1-26-17-9-13(4-5-16(17)28-12-14-3-2-8-27-14)11-23-7-6-21-19(25)15(23)10-18(24)22-20/h4-5,9,14-15H,2-3,6-8,10-12,20H2,1H3,(H,21,25)(H,22,24). The van der Waals surface area contributed by atoms with Crippen molar-refractivity contribution in [2.24, 2.45) is 5.84 Å². The van der Waals surface area contributed by atoms with Crippen molar-refractivity contribution in [1.82, 2.24) is 15.6 Å². The van der Waals surface area contributed by atoms with Crippen LogP contribution in [-0.4, -0.2) is 62.3 Å². The van der Waals surface area contributed by atoms with Gasteiger partial charge >= 0.3 is 0 Å². The van der Waals surface area contributed by atoms with Crippen LogP contribution in [0.25, 0.3) is 0 Å². The van der Waals surface area contributed by atoms with E-state index in [0.29, 0.717) is 37.7 Å². The molecule has 154 valence electrons. The van der Waals surface area contributed by atoms with Gasteiger partial charge in [-0.05, 0) is 30.5 Å². The van der Waals surface area contributed by atoms with Crippen molar-refractivity contribution in [3.05, 3.63) is 23.8 Å². The molecule has 0 aliphatic carbocycles. The smallest absolute Gasteiger partial charge is 0.237 e. The average Bonchev–Trinajstić information content (AvgIpc) is 3.23. The molecule has 4 N–H and O–H groups in total. The van der Waals surface area contributed by atoms with E-state index in [2.05, 4.69) is 10.7 Å². The first-order valence-corrected chi connectivity index (χ1v) is 9.53. The second kappa shape index (κ2) is 9.72. The summed E-state index contributed by atoms with van der Waals surface area (Å²) in [6.45, 7) is 2.99. The van der Waals surface area contributed by atoms with Crippen LogP contribution in [0.15, 0.2) is 18.2 Å². The lowest BCUT2D eigenvalue weighted by atomic mass is 10.1. The van der Waals surface area contributed by atoms with E-state index in [-0.39, 0.29) is 24.3 Å². The Balaban J connectivity index is 1.66. The molecule has 1 aromatic carbocycles. The van der Waals surface area contributed by atoms with Gasteiger partial charge in [-0.1, -0.05) is 6.07 Å². The van der Waals surface area contributed by atoms with Gasteiger partial charge in [0.1, 0.15) is 6.61 Å². The Kier molecular flexibility index (Phi) is 7.07. The number of hydrogen-bond donors (Lipinski definition) is 3. The minimum atomic E-state index is -0.557. The Morgan fingerprint density at radius 2 is 2.29 bits per heavy atom. The average molecular weight is 392 g/mol. The largest absolute Gasteiger partial charge is 0.493 e. The SMILES string of the molecule is COc1cc(CN2CCNC(=O)C2CC(=O)NN)ccc1OCC1CCCO1. The summed E-state index contributed by atoms with van der Waals surface area (Å²) >= 11 is 0. The third-order valence-corrected chi connectivity index (χ3v) is 5.04. The molecule has 2 atom stereocenters. The van der Waals surface area contributed by atoms with Crippen molar-refractivity contribution in [3.63, 3.8) is 0 Å². The first kappa shape index (κ1) is 20.4. The molecule has 2 unspecified atom stereocenters. The van der Waals surface area contributed by atoms with Crippen molar-refractivity contribution in [2.75, 3.05) is 33.4 Å². The molecule has 1 aromatic rings. The topological polar surface area (TPSA) is 115 Å². The highest BCUT2D eigenvalue weighted by Gasteiger charge is 2.31. The number of methoxy groups -OCH3 is 1. The maximum absolute atomic E-state index is 12.2. The fraction of sp³-hybridized carbons (Fsp3) is 0.579. The Morgan fingerprint density at radius 1 is 1.43 bits per heavy atom. The first-order chi connectivity index (χ1) is 13.6. The van der Waals surface area contributed by atoms with Gasteiger partial charge in [0.25, 0.3) is 0 Å². The molecule has 2 saturated heterocycles. The summed E-state index contributed by atoms with van der Waals surface area (Å²) in [6.07, 6.45) is 2.22. The number of carbonyl (C=O) groups is 2. The Bertz CT molecular complexity index is 693. The number of nitrogens with zero attached hydrogens (tertiary/aromatic N) is 1. The Labute approximate surface area is 164 Å². The van der Waals surface area contributed by atoms with Gasteiger partial charge in [0, 0.05) is 26.2 Å². The number of nitrogens with one attached hydrogen (secondary N) is 2. The van der Waals surface area contributed by atoms with Gasteiger partial charge in [-0.2, -0.15) is 0 Å². The number of carbonyl (C=O) groups excluding carboxylic acids is 2. The van der Waals surface area contributed by atoms with Crippen molar-refractivity contribution >= 4 is 11.8 Å². The fourth-order valence-electron chi connectivity index (χ4n) is 3.53. The van der Waals surface area contributed by atoms with Crippen molar-refractivity contribution in [1.29, 1.82) is 0 Å². The molecule has 9 nitrogen and oxygen atoms in total. The number of ether oxygens (including phenoxy) is 3. The van der Waals surface area contributed by atoms with Crippen LogP contribution in [0.3, 0.4) is 0 Å². The summed E-state index contributed by atoms with van der Waals surface area (Å²) in [4.78, 5) is 25.8. The summed E-state index contributed by atoms with van der Waals surface area (Å²) in [5.74, 6) is 5.93. The van der Waals surface area contributed by atoms with E-state index in [1.54, 1.807) is 7.11 Å². The molecule has 2 aliphatic heterocycles. The zero-order valence-corrected chi connectivity index (χ0v) is 16.1. The van der Waals surface area contributed by atoms with E-state index < -0.39 is 6.04 Å². The summed E-state index contributed by atoms with van der Waals surface area (Å²) in [5.41, 5.74) is 3.05. The van der Waals surface area contributed by atoms with Crippen molar-refractivity contribution in [2.45, 2.75) is 38.0 Å². The zero-order valence-electron chi connectivity index (χ0n) is 16.1. The Hall–Kier alpha value is -2.36. The minimum absolute atomic E-state index is 0.0159. The zero-order chi connectivity index (χ0) is 19.9. The van der Waals surface area contributed by atoms with Gasteiger partial charge in [0.05, 0.1) is 25.7 Å². The molecule has 9 heteroatoms. The molecule has 2 heterocycles. The fourth-order valence-corrected chi connectivity index (χ4v) is 3.53. The molecular formula is C19H28N4O5. The maximum atomic E-state index is 12.2. The maximum Gasteiger partial charge on any atom is 0.237 e. The molecule has 3 rings (SSSR count). The predicted octanol–water partition coefficient (Wildman–Crippen LogP) is -0.0666. The van der Waals surface area contributed by atoms with Gasteiger partial charge in [-0.25, -0.2) is 5.84 Å². The van der Waals surface area contributed by atoms with Crippen LogP contribution in [0.5, 0.6) is 11.5 Å². The number of amides is 2. The number of piperazine rings is 1. The number of rotatable bonds is 8. The van der Waals surface area contributed by atoms with Gasteiger partial charge in [0.15, 0.2) is 11.5 Å². The van der Waals surface area contributed by atoms with E-state index in [1.807, 2.05) is 23.1 Å². The molecule has 0 radical (unpaired) electrons. The predicted molar refractivity (Wildman–Crippen MR) is 102 cm³/mol. The summed E-state index contributed by atoms with van der Waals surface area (Å²) in [7, 11) is 1.60. The summed E-state index contributed by atoms with van der Waals surface area (Å²) in [5, 5.41) is 2.79. The second-order valence-electron chi connectivity index (χ2n) is 6.98.